The maximum absolute atomic E-state index is 5.21. The molecule has 0 radical (unpaired) electrons. The van der Waals surface area contributed by atoms with Crippen LogP contribution in [0.15, 0.2) is 42.9 Å². The Balaban J connectivity index is 0.00000225. The summed E-state index contributed by atoms with van der Waals surface area (Å²) in [7, 11) is 1.69. The molecule has 4 rings (SSSR count). The minimum atomic E-state index is 0. The first-order chi connectivity index (χ1) is 13.3. The zero-order valence-electron chi connectivity index (χ0n) is 16.1. The highest BCUT2D eigenvalue weighted by Gasteiger charge is 2.18. The number of halogens is 1. The van der Waals surface area contributed by atoms with Gasteiger partial charge in [-0.1, -0.05) is 17.3 Å². The minimum absolute atomic E-state index is 0. The van der Waals surface area contributed by atoms with Crippen molar-refractivity contribution in [2.45, 2.75) is 38.3 Å². The predicted molar refractivity (Wildman–Crippen MR) is 111 cm³/mol. The number of aryl methyl sites for hydroxylation is 2. The second-order valence-electron chi connectivity index (χ2n) is 6.96. The number of hydrogen-bond acceptors (Lipinski definition) is 5. The first kappa shape index (κ1) is 20.4. The number of rotatable bonds is 7. The third kappa shape index (κ3) is 4.72. The van der Waals surface area contributed by atoms with E-state index >= 15 is 0 Å². The summed E-state index contributed by atoms with van der Waals surface area (Å²) in [5, 5.41) is 12.1. The summed E-state index contributed by atoms with van der Waals surface area (Å²) >= 11 is 0. The van der Waals surface area contributed by atoms with Crippen molar-refractivity contribution < 1.29 is 4.74 Å². The molecular weight excluding hydrogens is 376 g/mol. The van der Waals surface area contributed by atoms with E-state index in [4.69, 9.17) is 4.74 Å². The number of imidazole rings is 1. The Labute approximate surface area is 171 Å². The van der Waals surface area contributed by atoms with E-state index in [1.807, 2.05) is 35.4 Å². The summed E-state index contributed by atoms with van der Waals surface area (Å²) < 4.78 is 9.39. The van der Waals surface area contributed by atoms with E-state index in [-0.39, 0.29) is 12.4 Å². The second kappa shape index (κ2) is 9.71. The van der Waals surface area contributed by atoms with Crippen LogP contribution in [0.1, 0.15) is 30.9 Å². The largest absolute Gasteiger partial charge is 0.497 e. The van der Waals surface area contributed by atoms with E-state index in [9.17, 15) is 0 Å². The standard InChI is InChI=1S/C20H26N6O.ClH/c1-27-18-6-4-16(5-7-18)3-2-13-25-14-12-22-20(25)19-15-26(24-23-19)17-8-10-21-11-9-17;/h4-7,12,14-15,17,21H,2-3,8-11,13H2,1H3;1H. The zero-order chi connectivity index (χ0) is 18.5. The Bertz CT molecular complexity index is 854. The van der Waals surface area contributed by atoms with Crippen molar-refractivity contribution in [3.05, 3.63) is 48.4 Å². The number of benzene rings is 1. The van der Waals surface area contributed by atoms with Gasteiger partial charge in [0.25, 0.3) is 0 Å². The van der Waals surface area contributed by atoms with E-state index in [2.05, 4.69) is 37.3 Å². The van der Waals surface area contributed by atoms with Crippen LogP contribution in [0.25, 0.3) is 11.5 Å². The van der Waals surface area contributed by atoms with Crippen molar-refractivity contribution in [1.29, 1.82) is 0 Å². The van der Waals surface area contributed by atoms with Crippen LogP contribution in [0, 0.1) is 0 Å². The summed E-state index contributed by atoms with van der Waals surface area (Å²) in [4.78, 5) is 4.51. The average molecular weight is 403 g/mol. The summed E-state index contributed by atoms with van der Waals surface area (Å²) in [6, 6.07) is 8.70. The van der Waals surface area contributed by atoms with Gasteiger partial charge in [-0.15, -0.1) is 17.5 Å². The monoisotopic (exact) mass is 402 g/mol. The molecule has 28 heavy (non-hydrogen) atoms. The van der Waals surface area contributed by atoms with Gasteiger partial charge in [-0.25, -0.2) is 9.67 Å². The topological polar surface area (TPSA) is 69.8 Å². The molecule has 3 heterocycles. The van der Waals surface area contributed by atoms with Gasteiger partial charge in [-0.2, -0.15) is 0 Å². The molecule has 7 nitrogen and oxygen atoms in total. The first-order valence-electron chi connectivity index (χ1n) is 9.60. The summed E-state index contributed by atoms with van der Waals surface area (Å²) in [6.07, 6.45) is 10.1. The zero-order valence-corrected chi connectivity index (χ0v) is 16.9. The Hall–Kier alpha value is -2.38. The van der Waals surface area contributed by atoms with Gasteiger partial charge in [0, 0.05) is 18.9 Å². The van der Waals surface area contributed by atoms with Crippen LogP contribution in [-0.4, -0.2) is 44.7 Å². The number of piperidine rings is 1. The van der Waals surface area contributed by atoms with Gasteiger partial charge in [-0.05, 0) is 56.5 Å². The summed E-state index contributed by atoms with van der Waals surface area (Å²) in [6.45, 7) is 2.99. The molecule has 0 saturated carbocycles. The molecule has 0 atom stereocenters. The average Bonchev–Trinajstić information content (AvgIpc) is 3.38. The van der Waals surface area contributed by atoms with E-state index in [1.54, 1.807) is 7.11 Å². The quantitative estimate of drug-likeness (QED) is 0.657. The summed E-state index contributed by atoms with van der Waals surface area (Å²) in [5.41, 5.74) is 2.16. The lowest BCUT2D eigenvalue weighted by atomic mass is 10.1. The smallest absolute Gasteiger partial charge is 0.162 e. The molecule has 1 aliphatic rings. The van der Waals surface area contributed by atoms with Crippen molar-refractivity contribution in [2.75, 3.05) is 20.2 Å². The van der Waals surface area contributed by atoms with E-state index in [0.717, 1.165) is 62.6 Å². The normalized spacial score (nSPS) is 14.6. The number of ether oxygens (including phenoxy) is 1. The Morgan fingerprint density at radius 1 is 1.18 bits per heavy atom. The van der Waals surface area contributed by atoms with Crippen LogP contribution >= 0.6 is 12.4 Å². The van der Waals surface area contributed by atoms with E-state index in [0.29, 0.717) is 6.04 Å². The Morgan fingerprint density at radius 3 is 2.71 bits per heavy atom. The maximum atomic E-state index is 5.21. The molecule has 150 valence electrons. The van der Waals surface area contributed by atoms with Gasteiger partial charge in [0.15, 0.2) is 5.82 Å². The lowest BCUT2D eigenvalue weighted by Crippen LogP contribution is -2.29. The van der Waals surface area contributed by atoms with Crippen LogP contribution in [0.3, 0.4) is 0 Å². The minimum Gasteiger partial charge on any atom is -0.497 e. The van der Waals surface area contributed by atoms with Crippen LogP contribution in [0.4, 0.5) is 0 Å². The molecule has 1 N–H and O–H groups in total. The molecule has 8 heteroatoms. The third-order valence-electron chi connectivity index (χ3n) is 5.16. The Morgan fingerprint density at radius 2 is 1.96 bits per heavy atom. The van der Waals surface area contributed by atoms with E-state index in [1.165, 1.54) is 5.56 Å². The highest BCUT2D eigenvalue weighted by molar-refractivity contribution is 5.85. The third-order valence-corrected chi connectivity index (χ3v) is 5.16. The fraction of sp³-hybridized carbons (Fsp3) is 0.450. The molecule has 0 unspecified atom stereocenters. The molecule has 0 spiro atoms. The molecule has 1 fully saturated rings. The first-order valence-corrected chi connectivity index (χ1v) is 9.60. The Kier molecular flexibility index (Phi) is 7.06. The van der Waals surface area contributed by atoms with Gasteiger partial charge in [-0.3, -0.25) is 0 Å². The van der Waals surface area contributed by atoms with E-state index < -0.39 is 0 Å². The molecule has 1 saturated heterocycles. The van der Waals surface area contributed by atoms with Crippen molar-refractivity contribution in [2.24, 2.45) is 0 Å². The van der Waals surface area contributed by atoms with Crippen LogP contribution in [-0.2, 0) is 13.0 Å². The van der Waals surface area contributed by atoms with Crippen LogP contribution in [0.5, 0.6) is 5.75 Å². The molecule has 0 amide bonds. The van der Waals surface area contributed by atoms with Crippen molar-refractivity contribution in [3.63, 3.8) is 0 Å². The summed E-state index contributed by atoms with van der Waals surface area (Å²) in [5.74, 6) is 1.79. The molecule has 1 aromatic carbocycles. The fourth-order valence-electron chi connectivity index (χ4n) is 3.60. The highest BCUT2D eigenvalue weighted by Crippen LogP contribution is 2.21. The van der Waals surface area contributed by atoms with Crippen molar-refractivity contribution in [3.8, 4) is 17.3 Å². The van der Waals surface area contributed by atoms with Gasteiger partial charge < -0.3 is 14.6 Å². The number of nitrogens with zero attached hydrogens (tertiary/aromatic N) is 5. The molecule has 0 aliphatic carbocycles. The van der Waals surface area contributed by atoms with Gasteiger partial charge in [0.1, 0.15) is 11.4 Å². The van der Waals surface area contributed by atoms with Crippen LogP contribution < -0.4 is 10.1 Å². The number of methoxy groups -OCH3 is 1. The maximum Gasteiger partial charge on any atom is 0.162 e. The lowest BCUT2D eigenvalue weighted by Gasteiger charge is -2.22. The van der Waals surface area contributed by atoms with Crippen LogP contribution in [0.2, 0.25) is 0 Å². The number of aromatic nitrogens is 5. The molecule has 3 aromatic rings. The fourth-order valence-corrected chi connectivity index (χ4v) is 3.60. The van der Waals surface area contributed by atoms with Gasteiger partial charge in [0.2, 0.25) is 0 Å². The van der Waals surface area contributed by atoms with Gasteiger partial charge in [0.05, 0.1) is 19.3 Å². The highest BCUT2D eigenvalue weighted by atomic mass is 35.5. The van der Waals surface area contributed by atoms with Crippen molar-refractivity contribution >= 4 is 12.4 Å². The number of hydrogen-bond donors (Lipinski definition) is 1. The van der Waals surface area contributed by atoms with Gasteiger partial charge >= 0.3 is 0 Å². The predicted octanol–water partition coefficient (Wildman–Crippen LogP) is 3.13. The van der Waals surface area contributed by atoms with Crippen molar-refractivity contribution in [1.82, 2.24) is 29.9 Å². The molecule has 1 aliphatic heterocycles. The number of nitrogens with one attached hydrogen (secondary N) is 1. The molecular formula is C20H27ClN6O. The molecule has 0 bridgehead atoms. The molecule has 2 aromatic heterocycles. The SMILES string of the molecule is COc1ccc(CCCn2ccnc2-c2cn(C3CCNCC3)nn2)cc1.Cl. The lowest BCUT2D eigenvalue weighted by molar-refractivity contribution is 0.337. The second-order valence-corrected chi connectivity index (χ2v) is 6.96.